The van der Waals surface area contributed by atoms with Crippen molar-refractivity contribution in [2.75, 3.05) is 25.2 Å². The van der Waals surface area contributed by atoms with E-state index >= 15 is 0 Å². The summed E-state index contributed by atoms with van der Waals surface area (Å²) in [6, 6.07) is 37.8. The summed E-state index contributed by atoms with van der Waals surface area (Å²) in [5.41, 5.74) is 7.55. The van der Waals surface area contributed by atoms with Crippen LogP contribution in [-0.4, -0.2) is 42.9 Å². The molecule has 0 aliphatic heterocycles. The Hall–Kier alpha value is -8.03. The summed E-state index contributed by atoms with van der Waals surface area (Å²) in [5, 5.41) is 46.5. The van der Waals surface area contributed by atoms with Gasteiger partial charge in [-0.1, -0.05) is 48.5 Å². The molecular formula is C45H36FN7O5. The quantitative estimate of drug-likeness (QED) is 0.0540. The molecule has 0 radical (unpaired) electrons. The number of benzene rings is 6. The van der Waals surface area contributed by atoms with Crippen molar-refractivity contribution in [3.8, 4) is 28.7 Å². The van der Waals surface area contributed by atoms with E-state index in [4.69, 9.17) is 16.6 Å². The van der Waals surface area contributed by atoms with E-state index in [1.165, 1.54) is 18.2 Å². The van der Waals surface area contributed by atoms with E-state index in [1.54, 1.807) is 32.0 Å². The summed E-state index contributed by atoms with van der Waals surface area (Å²) in [6.45, 7) is 10.7. The molecule has 6 aromatic carbocycles. The van der Waals surface area contributed by atoms with Gasteiger partial charge in [0.05, 0.1) is 41.0 Å². The average molecular weight is 774 g/mol. The zero-order valence-electron chi connectivity index (χ0n) is 31.7. The number of nitriles is 1. The smallest absolute Gasteiger partial charge is 0.336 e. The maximum atomic E-state index is 12.4. The lowest BCUT2D eigenvalue weighted by Crippen LogP contribution is -2.19. The Bertz CT molecular complexity index is 2610. The third-order valence-electron chi connectivity index (χ3n) is 8.89. The molecule has 0 fully saturated rings. The molecule has 58 heavy (non-hydrogen) atoms. The van der Waals surface area contributed by atoms with Gasteiger partial charge in [0.1, 0.15) is 6.67 Å². The monoisotopic (exact) mass is 773 g/mol. The van der Waals surface area contributed by atoms with E-state index in [-0.39, 0.29) is 35.9 Å². The number of aryl methyl sites for hydroxylation is 1. The fourth-order valence-electron chi connectivity index (χ4n) is 5.57. The molecule has 12 nitrogen and oxygen atoms in total. The first-order chi connectivity index (χ1) is 28.0. The molecule has 0 spiro atoms. The number of aromatic carboxylic acids is 1. The molecule has 0 atom stereocenters. The molecule has 2 N–H and O–H groups in total. The lowest BCUT2D eigenvalue weighted by molar-refractivity contribution is -0.120. The number of halogens is 1. The minimum Gasteiger partial charge on any atom is -0.504 e. The summed E-state index contributed by atoms with van der Waals surface area (Å²) in [4.78, 5) is 26.9. The van der Waals surface area contributed by atoms with Crippen LogP contribution in [0, 0.1) is 24.8 Å². The second kappa shape index (κ2) is 19.5. The van der Waals surface area contributed by atoms with Gasteiger partial charge in [-0.2, -0.15) is 20.5 Å². The van der Waals surface area contributed by atoms with Crippen LogP contribution in [0.5, 0.6) is 11.5 Å². The molecule has 0 unspecified atom stereocenters. The van der Waals surface area contributed by atoms with Crippen molar-refractivity contribution >= 4 is 57.2 Å². The molecule has 13 heteroatoms. The zero-order chi connectivity index (χ0) is 41.6. The molecule has 6 aromatic rings. The van der Waals surface area contributed by atoms with Crippen molar-refractivity contribution in [3.05, 3.63) is 155 Å². The van der Waals surface area contributed by atoms with Gasteiger partial charge < -0.3 is 19.8 Å². The number of carbonyl (C=O) groups is 2. The van der Waals surface area contributed by atoms with Gasteiger partial charge >= 0.3 is 5.97 Å². The topological polar surface area (TPSA) is 165 Å². The largest absolute Gasteiger partial charge is 0.504 e. The van der Waals surface area contributed by atoms with E-state index in [0.717, 1.165) is 33.2 Å². The maximum Gasteiger partial charge on any atom is 0.336 e. The number of fused-ring (bicyclic) bond motifs is 1. The molecule has 0 amide bonds. The third-order valence-corrected chi connectivity index (χ3v) is 8.89. The maximum absolute atomic E-state index is 12.4. The summed E-state index contributed by atoms with van der Waals surface area (Å²) in [6.07, 6.45) is 0. The van der Waals surface area contributed by atoms with Crippen LogP contribution < -0.4 is 9.64 Å². The number of rotatable bonds is 12. The summed E-state index contributed by atoms with van der Waals surface area (Å²) in [7, 11) is 1.86. The lowest BCUT2D eigenvalue weighted by Gasteiger charge is -2.18. The first-order valence-corrected chi connectivity index (χ1v) is 17.6. The van der Waals surface area contributed by atoms with Gasteiger partial charge in [-0.05, 0) is 119 Å². The molecule has 0 aromatic heterocycles. The number of hydrogen-bond acceptors (Lipinski definition) is 10. The van der Waals surface area contributed by atoms with Gasteiger partial charge in [-0.25, -0.2) is 19.3 Å². The van der Waals surface area contributed by atoms with Crippen LogP contribution in [0.15, 0.2) is 147 Å². The van der Waals surface area contributed by atoms with Gasteiger partial charge in [-0.15, -0.1) is 0 Å². The van der Waals surface area contributed by atoms with Crippen LogP contribution in [0.25, 0.3) is 32.3 Å². The van der Waals surface area contributed by atoms with Gasteiger partial charge in [0.2, 0.25) is 0 Å². The van der Waals surface area contributed by atoms with Gasteiger partial charge in [0.15, 0.2) is 11.5 Å². The lowest BCUT2D eigenvalue weighted by atomic mass is 10.0. The van der Waals surface area contributed by atoms with Crippen molar-refractivity contribution in [1.29, 1.82) is 5.26 Å². The minimum atomic E-state index is -1.000. The van der Waals surface area contributed by atoms with Gasteiger partial charge in [-0.3, -0.25) is 4.79 Å². The number of nitrogens with zero attached hydrogens (tertiary/aromatic N) is 7. The highest BCUT2D eigenvalue weighted by molar-refractivity contribution is 5.91. The Morgan fingerprint density at radius 3 is 1.95 bits per heavy atom. The SMILES string of the molecule is Cc1ccc(N=Nc2ccc(-c3ccc(N=Nc4ccc(O)c(OC=O)c4)cc3)cc2)cc1C(=O)O.[C-]#[N+]/C(C#N)=C(/C)c1ccc2cc(N(C)CCF)ccc2c1. The second-order valence-corrected chi connectivity index (χ2v) is 12.7. The minimum absolute atomic E-state index is 0.00339. The van der Waals surface area contributed by atoms with Crippen molar-refractivity contribution < 1.29 is 28.9 Å². The van der Waals surface area contributed by atoms with Crippen LogP contribution in [-0.2, 0) is 4.79 Å². The van der Waals surface area contributed by atoms with Gasteiger partial charge in [0, 0.05) is 25.3 Å². The van der Waals surface area contributed by atoms with Crippen molar-refractivity contribution in [3.63, 3.8) is 0 Å². The number of phenols is 1. The number of ether oxygens (including phenoxy) is 1. The van der Waals surface area contributed by atoms with E-state index in [1.807, 2.05) is 103 Å². The summed E-state index contributed by atoms with van der Waals surface area (Å²) < 4.78 is 17.1. The van der Waals surface area contributed by atoms with Crippen LogP contribution in [0.4, 0.5) is 32.8 Å². The van der Waals surface area contributed by atoms with E-state index < -0.39 is 5.97 Å². The number of carbonyl (C=O) groups excluding carboxylic acids is 1. The van der Waals surface area contributed by atoms with Crippen LogP contribution >= 0.6 is 0 Å². The third kappa shape index (κ3) is 10.6. The summed E-state index contributed by atoms with van der Waals surface area (Å²) >= 11 is 0. The first kappa shape index (κ1) is 41.1. The Morgan fingerprint density at radius 2 is 1.38 bits per heavy atom. The number of alkyl halides is 1. The molecule has 0 saturated carbocycles. The van der Waals surface area contributed by atoms with Crippen LogP contribution in [0.2, 0.25) is 0 Å². The molecule has 288 valence electrons. The molecular weight excluding hydrogens is 738 g/mol. The zero-order valence-corrected chi connectivity index (χ0v) is 31.7. The highest BCUT2D eigenvalue weighted by Crippen LogP contribution is 2.32. The number of azo groups is 2. The van der Waals surface area contributed by atoms with Crippen molar-refractivity contribution in [2.24, 2.45) is 20.5 Å². The fourth-order valence-corrected chi connectivity index (χ4v) is 5.57. The number of aromatic hydroxyl groups is 1. The Kier molecular flexibility index (Phi) is 13.8. The molecule has 0 bridgehead atoms. The molecule has 0 heterocycles. The van der Waals surface area contributed by atoms with E-state index in [2.05, 4.69) is 25.3 Å². The Balaban J connectivity index is 0.000000249. The number of phenolic OH excluding ortho intramolecular Hbond substituents is 1. The van der Waals surface area contributed by atoms with Crippen LogP contribution in [0.1, 0.15) is 28.4 Å². The normalized spacial score (nSPS) is 11.3. The Morgan fingerprint density at radius 1 is 0.828 bits per heavy atom. The molecule has 0 saturated heterocycles. The van der Waals surface area contributed by atoms with Crippen molar-refractivity contribution in [2.45, 2.75) is 13.8 Å². The molecule has 6 rings (SSSR count). The predicted molar refractivity (Wildman–Crippen MR) is 221 cm³/mol. The van der Waals surface area contributed by atoms with Crippen molar-refractivity contribution in [1.82, 2.24) is 0 Å². The highest BCUT2D eigenvalue weighted by Gasteiger charge is 2.09. The number of anilines is 1. The highest BCUT2D eigenvalue weighted by atomic mass is 19.1. The second-order valence-electron chi connectivity index (χ2n) is 12.7. The fraction of sp³-hybridized carbons (Fsp3) is 0.111. The van der Waals surface area contributed by atoms with E-state index in [9.17, 15) is 24.2 Å². The summed E-state index contributed by atoms with van der Waals surface area (Å²) in [5.74, 6) is -1.16. The molecule has 0 aliphatic carbocycles. The number of carboxylic acid groups (broad SMARTS) is 1. The number of allylic oxidation sites excluding steroid dienone is 2. The van der Waals surface area contributed by atoms with Crippen LogP contribution in [0.3, 0.4) is 0 Å². The average Bonchev–Trinajstić information content (AvgIpc) is 3.24. The van der Waals surface area contributed by atoms with Gasteiger partial charge in [0.25, 0.3) is 12.2 Å². The standard InChI is InChI=1S/C27H20N4O5.C18H16FN3/c1-17-2-7-22(14-24(17)27(34)35)30-28-20-8-3-18(4-9-20)19-5-10-21(11-6-19)29-31-23-12-13-25(33)26(15-23)36-16-32;1-13(18(12-20)21-2)14-4-5-16-11-17(22(3)9-8-19)7-6-15(16)10-14/h2-16,33H,1H3,(H,34,35);4-7,10-11H,8-9H2,1,3H3/b;18-13-. The Labute approximate surface area is 334 Å². The van der Waals surface area contributed by atoms with E-state index in [0.29, 0.717) is 40.4 Å². The first-order valence-electron chi connectivity index (χ1n) is 17.6. The predicted octanol–water partition coefficient (Wildman–Crippen LogP) is 11.9. The molecule has 0 aliphatic rings. The number of hydrogen-bond donors (Lipinski definition) is 2. The number of carboxylic acids is 1.